The van der Waals surface area contributed by atoms with E-state index in [1.165, 1.54) is 26.6 Å². The summed E-state index contributed by atoms with van der Waals surface area (Å²) < 4.78 is 1.29. The Hall–Kier alpha value is -2.76. The number of aromatic nitrogens is 1. The number of nitrogens with zero attached hydrogens (tertiary/aromatic N) is 2. The fourth-order valence-corrected chi connectivity index (χ4v) is 5.45. The summed E-state index contributed by atoms with van der Waals surface area (Å²) in [6.07, 6.45) is 5.13. The van der Waals surface area contributed by atoms with E-state index in [2.05, 4.69) is 63.8 Å². The maximum atomic E-state index is 11.4. The van der Waals surface area contributed by atoms with Crippen molar-refractivity contribution < 1.29 is 9.90 Å². The van der Waals surface area contributed by atoms with Crippen molar-refractivity contribution in [2.24, 2.45) is 5.92 Å². The number of thiophene rings is 1. The number of hydrogen-bond acceptors (Lipinski definition) is 4. The first-order valence-electron chi connectivity index (χ1n) is 9.97. The van der Waals surface area contributed by atoms with Crippen LogP contribution in [0.5, 0.6) is 0 Å². The van der Waals surface area contributed by atoms with Crippen LogP contribution in [0.1, 0.15) is 30.0 Å². The van der Waals surface area contributed by atoms with Gasteiger partial charge in [-0.05, 0) is 71.4 Å². The zero-order valence-electron chi connectivity index (χ0n) is 16.0. The van der Waals surface area contributed by atoms with Crippen LogP contribution in [0.3, 0.4) is 0 Å². The first kappa shape index (κ1) is 18.3. The summed E-state index contributed by atoms with van der Waals surface area (Å²) in [6, 6.07) is 17.3. The highest BCUT2D eigenvalue weighted by atomic mass is 32.1. The number of piperidine rings is 1. The van der Waals surface area contributed by atoms with Crippen LogP contribution in [0.25, 0.3) is 20.9 Å². The predicted molar refractivity (Wildman–Crippen MR) is 117 cm³/mol. The molecule has 3 heterocycles. The molecule has 4 aromatic rings. The summed E-state index contributed by atoms with van der Waals surface area (Å²) in [6.45, 7) is 1.58. The number of benzene rings is 2. The number of carbonyl (C=O) groups is 1. The average Bonchev–Trinajstić information content (AvgIpc) is 3.18. The van der Waals surface area contributed by atoms with Gasteiger partial charge in [0, 0.05) is 22.5 Å². The molecule has 2 aromatic heterocycles. The van der Waals surface area contributed by atoms with E-state index < -0.39 is 5.97 Å². The predicted octanol–water partition coefficient (Wildman–Crippen LogP) is 5.34. The molecule has 1 atom stereocenters. The molecule has 146 valence electrons. The summed E-state index contributed by atoms with van der Waals surface area (Å²) in [7, 11) is 0. The highest BCUT2D eigenvalue weighted by molar-refractivity contribution is 7.17. The quantitative estimate of drug-likeness (QED) is 0.501. The van der Waals surface area contributed by atoms with Crippen molar-refractivity contribution in [3.8, 4) is 0 Å². The molecular formula is C24H22N2O2S. The largest absolute Gasteiger partial charge is 0.481 e. The number of carboxylic acid groups (broad SMARTS) is 1. The summed E-state index contributed by atoms with van der Waals surface area (Å²) in [5.74, 6) is -0.894. The lowest BCUT2D eigenvalue weighted by Crippen LogP contribution is -2.39. The van der Waals surface area contributed by atoms with Crippen LogP contribution in [0.2, 0.25) is 0 Å². The topological polar surface area (TPSA) is 53.4 Å². The van der Waals surface area contributed by atoms with E-state index in [9.17, 15) is 9.90 Å². The molecule has 0 radical (unpaired) electrons. The molecule has 0 spiro atoms. The van der Waals surface area contributed by atoms with E-state index in [-0.39, 0.29) is 12.0 Å². The van der Waals surface area contributed by atoms with Gasteiger partial charge < -0.3 is 5.11 Å². The highest BCUT2D eigenvalue weighted by Gasteiger charge is 2.31. The van der Waals surface area contributed by atoms with Gasteiger partial charge in [-0.15, -0.1) is 11.3 Å². The van der Waals surface area contributed by atoms with Gasteiger partial charge >= 0.3 is 5.97 Å². The lowest BCUT2D eigenvalue weighted by Gasteiger charge is -2.37. The third-order valence-corrected chi connectivity index (χ3v) is 7.01. The smallest absolute Gasteiger partial charge is 0.306 e. The Bertz CT molecular complexity index is 1180. The molecule has 0 amide bonds. The Morgan fingerprint density at radius 1 is 1.10 bits per heavy atom. The monoisotopic (exact) mass is 402 g/mol. The van der Waals surface area contributed by atoms with E-state index in [0.29, 0.717) is 12.8 Å². The lowest BCUT2D eigenvalue weighted by atomic mass is 9.90. The minimum absolute atomic E-state index is 0.124. The molecule has 0 aliphatic carbocycles. The number of hydrogen-bond donors (Lipinski definition) is 1. The molecule has 0 saturated carbocycles. The number of fused-ring (bicyclic) bond motifs is 2. The van der Waals surface area contributed by atoms with Gasteiger partial charge in [0.05, 0.1) is 12.0 Å². The van der Waals surface area contributed by atoms with Gasteiger partial charge in [0.25, 0.3) is 0 Å². The van der Waals surface area contributed by atoms with Gasteiger partial charge in [-0.1, -0.05) is 30.3 Å². The average molecular weight is 403 g/mol. The molecular weight excluding hydrogens is 380 g/mol. The normalized spacial score (nSPS) is 17.0. The molecule has 4 nitrogen and oxygen atoms in total. The van der Waals surface area contributed by atoms with Crippen molar-refractivity contribution in [1.82, 2.24) is 9.88 Å². The Labute approximate surface area is 173 Å². The number of carboxylic acids is 1. The molecule has 29 heavy (non-hydrogen) atoms. The standard InChI is InChI=1S/C24H22N2O2S/c27-24(28)16-8-11-26(12-9-16)23(21-15-29-22-4-2-1-3-20(21)22)18-5-6-19-14-25-10-7-17(19)13-18/h1-7,10,13-16,23H,8-9,11-12H2,(H,27,28). The van der Waals surface area contributed by atoms with E-state index in [0.717, 1.165) is 18.5 Å². The molecule has 1 saturated heterocycles. The van der Waals surface area contributed by atoms with Gasteiger partial charge in [-0.3, -0.25) is 14.7 Å². The van der Waals surface area contributed by atoms with Gasteiger partial charge in [0.2, 0.25) is 0 Å². The van der Waals surface area contributed by atoms with Crippen LogP contribution in [0, 0.1) is 5.92 Å². The zero-order valence-corrected chi connectivity index (χ0v) is 16.8. The van der Waals surface area contributed by atoms with Gasteiger partial charge in [0.15, 0.2) is 0 Å². The first-order chi connectivity index (χ1) is 14.2. The minimum Gasteiger partial charge on any atom is -0.481 e. The van der Waals surface area contributed by atoms with Crippen molar-refractivity contribution in [1.29, 1.82) is 0 Å². The molecule has 5 heteroatoms. The third kappa shape index (κ3) is 3.41. The zero-order chi connectivity index (χ0) is 19.8. The molecule has 1 aliphatic heterocycles. The molecule has 0 bridgehead atoms. The molecule has 1 aliphatic rings. The maximum absolute atomic E-state index is 11.4. The van der Waals surface area contributed by atoms with Crippen molar-refractivity contribution in [2.45, 2.75) is 18.9 Å². The summed E-state index contributed by atoms with van der Waals surface area (Å²) in [5.41, 5.74) is 2.56. The second-order valence-electron chi connectivity index (χ2n) is 7.72. The fraction of sp³-hybridized carbons (Fsp3) is 0.250. The molecule has 5 rings (SSSR count). The second kappa shape index (κ2) is 7.58. The van der Waals surface area contributed by atoms with Gasteiger partial charge in [-0.25, -0.2) is 0 Å². The lowest BCUT2D eigenvalue weighted by molar-refractivity contribution is -0.143. The molecule has 1 unspecified atom stereocenters. The van der Waals surface area contributed by atoms with Gasteiger partial charge in [0.1, 0.15) is 0 Å². The van der Waals surface area contributed by atoms with Crippen LogP contribution in [0.15, 0.2) is 66.3 Å². The number of aliphatic carboxylic acids is 1. The van der Waals surface area contributed by atoms with Crippen LogP contribution in [0.4, 0.5) is 0 Å². The minimum atomic E-state index is -0.666. The fourth-order valence-electron chi connectivity index (χ4n) is 4.47. The van der Waals surface area contributed by atoms with E-state index in [1.54, 1.807) is 11.3 Å². The summed E-state index contributed by atoms with van der Waals surface area (Å²) in [5, 5.41) is 15.3. The van der Waals surface area contributed by atoms with Crippen molar-refractivity contribution in [3.63, 3.8) is 0 Å². The summed E-state index contributed by atoms with van der Waals surface area (Å²) in [4.78, 5) is 18.1. The number of pyridine rings is 1. The van der Waals surface area contributed by atoms with E-state index >= 15 is 0 Å². The van der Waals surface area contributed by atoms with Crippen LogP contribution in [-0.4, -0.2) is 34.0 Å². The van der Waals surface area contributed by atoms with Crippen molar-refractivity contribution in [2.75, 3.05) is 13.1 Å². The second-order valence-corrected chi connectivity index (χ2v) is 8.63. The molecule has 1 fully saturated rings. The van der Waals surface area contributed by atoms with Crippen molar-refractivity contribution in [3.05, 3.63) is 77.4 Å². The number of likely N-dealkylation sites (tertiary alicyclic amines) is 1. The Kier molecular flexibility index (Phi) is 4.78. The Morgan fingerprint density at radius 2 is 1.93 bits per heavy atom. The summed E-state index contributed by atoms with van der Waals surface area (Å²) >= 11 is 1.78. The number of rotatable bonds is 4. The third-order valence-electron chi connectivity index (χ3n) is 6.03. The molecule has 1 N–H and O–H groups in total. The van der Waals surface area contributed by atoms with Crippen LogP contribution in [-0.2, 0) is 4.79 Å². The maximum Gasteiger partial charge on any atom is 0.306 e. The first-order valence-corrected chi connectivity index (χ1v) is 10.9. The Balaban J connectivity index is 1.60. The van der Waals surface area contributed by atoms with Gasteiger partial charge in [-0.2, -0.15) is 0 Å². The van der Waals surface area contributed by atoms with E-state index in [1.807, 2.05) is 12.4 Å². The van der Waals surface area contributed by atoms with Crippen LogP contribution >= 0.6 is 11.3 Å². The van der Waals surface area contributed by atoms with E-state index in [4.69, 9.17) is 0 Å². The highest BCUT2D eigenvalue weighted by Crippen LogP contribution is 2.39. The molecule has 2 aromatic carbocycles. The van der Waals surface area contributed by atoms with Crippen molar-refractivity contribution >= 4 is 38.2 Å². The Morgan fingerprint density at radius 3 is 2.76 bits per heavy atom. The SMILES string of the molecule is O=C(O)C1CCN(C(c2ccc3cnccc3c2)c2csc3ccccc23)CC1. The van der Waals surface area contributed by atoms with Crippen LogP contribution < -0.4 is 0 Å².